The van der Waals surface area contributed by atoms with Crippen molar-refractivity contribution in [3.8, 4) is 0 Å². The van der Waals surface area contributed by atoms with E-state index in [1.54, 1.807) is 0 Å². The van der Waals surface area contributed by atoms with Gasteiger partial charge in [0.25, 0.3) is 0 Å². The fourth-order valence-electron chi connectivity index (χ4n) is 3.33. The molecule has 1 amide bonds. The van der Waals surface area contributed by atoms with Crippen molar-refractivity contribution in [2.24, 2.45) is 11.8 Å². The molecular weight excluding hydrogens is 307 g/mol. The van der Waals surface area contributed by atoms with Crippen LogP contribution in [0.2, 0.25) is 0 Å². The Hall–Kier alpha value is -1.56. The Morgan fingerprint density at radius 1 is 1.17 bits per heavy atom. The molecule has 6 heteroatoms. The van der Waals surface area contributed by atoms with Gasteiger partial charge in [0.1, 0.15) is 0 Å². The number of hydrogen-bond acceptors (Lipinski definition) is 2. The highest BCUT2D eigenvalue weighted by molar-refractivity contribution is 5.83. The Kier molecular flexibility index (Phi) is 4.36. The maximum absolute atomic E-state index is 12.6. The van der Waals surface area contributed by atoms with Crippen molar-refractivity contribution < 1.29 is 23.1 Å². The van der Waals surface area contributed by atoms with Gasteiger partial charge in [-0.2, -0.15) is 13.2 Å². The molecule has 3 nitrogen and oxygen atoms in total. The molecule has 2 unspecified atom stereocenters. The molecule has 0 radical (unpaired) electrons. The van der Waals surface area contributed by atoms with Crippen LogP contribution in [-0.4, -0.2) is 35.6 Å². The van der Waals surface area contributed by atoms with Gasteiger partial charge in [0, 0.05) is 25.6 Å². The predicted octanol–water partition coefficient (Wildman–Crippen LogP) is 3.04. The van der Waals surface area contributed by atoms with Gasteiger partial charge in [-0.3, -0.25) is 4.79 Å². The van der Waals surface area contributed by atoms with Crippen LogP contribution < -0.4 is 0 Å². The molecule has 1 heterocycles. The number of nitrogens with zero attached hydrogens (tertiary/aromatic N) is 1. The van der Waals surface area contributed by atoms with E-state index in [0.717, 1.165) is 30.5 Å². The lowest BCUT2D eigenvalue weighted by molar-refractivity contribution is -0.137. The van der Waals surface area contributed by atoms with E-state index in [4.69, 9.17) is 5.11 Å². The maximum atomic E-state index is 12.6. The molecule has 1 aliphatic heterocycles. The number of benzene rings is 1. The molecule has 2 atom stereocenters. The number of hydrogen-bond donors (Lipinski definition) is 1. The van der Waals surface area contributed by atoms with E-state index in [0.29, 0.717) is 19.5 Å². The summed E-state index contributed by atoms with van der Waals surface area (Å²) in [4.78, 5) is 14.3. The summed E-state index contributed by atoms with van der Waals surface area (Å²) in [5.74, 6) is 0.327. The van der Waals surface area contributed by atoms with Gasteiger partial charge in [-0.1, -0.05) is 12.1 Å². The van der Waals surface area contributed by atoms with Crippen molar-refractivity contribution in [1.82, 2.24) is 4.90 Å². The number of alkyl halides is 3. The quantitative estimate of drug-likeness (QED) is 0.927. The third kappa shape index (κ3) is 3.52. The van der Waals surface area contributed by atoms with Gasteiger partial charge in [0.05, 0.1) is 5.56 Å². The Balaban J connectivity index is 1.58. The molecule has 1 aromatic carbocycles. The minimum absolute atomic E-state index is 0.0420. The van der Waals surface area contributed by atoms with Gasteiger partial charge >= 0.3 is 6.18 Å². The standard InChI is InChI=1S/C17H20F3NO2/c18-17(19,20)13-3-1-12(2-4-13)14-9-15(14)16(23)21-7-5-11(10-22)6-8-21/h1-4,11,14-15,22H,5-10H2. The second kappa shape index (κ2) is 6.15. The number of likely N-dealkylation sites (tertiary alicyclic amines) is 1. The number of piperidine rings is 1. The molecule has 0 aromatic heterocycles. The van der Waals surface area contributed by atoms with Gasteiger partial charge in [-0.15, -0.1) is 0 Å². The zero-order chi connectivity index (χ0) is 16.6. The summed E-state index contributed by atoms with van der Waals surface area (Å²) in [5.41, 5.74) is 0.150. The van der Waals surface area contributed by atoms with Crippen molar-refractivity contribution >= 4 is 5.91 Å². The summed E-state index contributed by atoms with van der Waals surface area (Å²) in [6, 6.07) is 5.14. The molecule has 126 valence electrons. The van der Waals surface area contributed by atoms with Crippen molar-refractivity contribution in [3.05, 3.63) is 35.4 Å². The van der Waals surface area contributed by atoms with Gasteiger partial charge in [0.2, 0.25) is 5.91 Å². The number of carbonyl (C=O) groups is 1. The fourth-order valence-corrected chi connectivity index (χ4v) is 3.33. The van der Waals surface area contributed by atoms with E-state index >= 15 is 0 Å². The monoisotopic (exact) mass is 327 g/mol. The normalized spacial score (nSPS) is 25.5. The van der Waals surface area contributed by atoms with Gasteiger partial charge < -0.3 is 10.0 Å². The molecule has 1 saturated carbocycles. The van der Waals surface area contributed by atoms with Gasteiger partial charge in [0.15, 0.2) is 0 Å². The van der Waals surface area contributed by atoms with E-state index < -0.39 is 11.7 Å². The van der Waals surface area contributed by atoms with Crippen molar-refractivity contribution in [2.75, 3.05) is 19.7 Å². The maximum Gasteiger partial charge on any atom is 0.416 e. The molecule has 1 aromatic rings. The first-order valence-corrected chi connectivity index (χ1v) is 7.97. The molecule has 1 aliphatic carbocycles. The van der Waals surface area contributed by atoms with Crippen LogP contribution >= 0.6 is 0 Å². The molecule has 0 bridgehead atoms. The minimum atomic E-state index is -4.33. The zero-order valence-corrected chi connectivity index (χ0v) is 12.7. The molecule has 2 fully saturated rings. The van der Waals surface area contributed by atoms with Crippen LogP contribution in [0, 0.1) is 11.8 Å². The lowest BCUT2D eigenvalue weighted by atomic mass is 9.97. The van der Waals surface area contributed by atoms with E-state index in [1.807, 2.05) is 4.90 Å². The second-order valence-corrected chi connectivity index (χ2v) is 6.52. The lowest BCUT2D eigenvalue weighted by Crippen LogP contribution is -2.40. The van der Waals surface area contributed by atoms with Gasteiger partial charge in [-0.05, 0) is 48.8 Å². The van der Waals surface area contributed by atoms with Crippen LogP contribution in [0.25, 0.3) is 0 Å². The fraction of sp³-hybridized carbons (Fsp3) is 0.588. The molecule has 0 spiro atoms. The molecule has 1 saturated heterocycles. The van der Waals surface area contributed by atoms with Crippen molar-refractivity contribution in [3.63, 3.8) is 0 Å². The zero-order valence-electron chi connectivity index (χ0n) is 12.7. The number of carbonyl (C=O) groups excluding carboxylic acids is 1. The molecular formula is C17H20F3NO2. The largest absolute Gasteiger partial charge is 0.416 e. The highest BCUT2D eigenvalue weighted by atomic mass is 19.4. The van der Waals surface area contributed by atoms with Crippen molar-refractivity contribution in [1.29, 1.82) is 0 Å². The third-order valence-electron chi connectivity index (χ3n) is 4.96. The topological polar surface area (TPSA) is 40.5 Å². The Morgan fingerprint density at radius 2 is 1.78 bits per heavy atom. The molecule has 3 rings (SSSR count). The van der Waals surface area contributed by atoms with Crippen LogP contribution in [-0.2, 0) is 11.0 Å². The number of halogens is 3. The van der Waals surface area contributed by atoms with Crippen molar-refractivity contribution in [2.45, 2.75) is 31.4 Å². The SMILES string of the molecule is O=C(C1CC1c1ccc(C(F)(F)F)cc1)N1CCC(CO)CC1. The van der Waals surface area contributed by atoms with E-state index in [9.17, 15) is 18.0 Å². The highest BCUT2D eigenvalue weighted by Crippen LogP contribution is 2.49. The third-order valence-corrected chi connectivity index (χ3v) is 4.96. The van der Waals surface area contributed by atoms with Crippen LogP contribution in [0.4, 0.5) is 13.2 Å². The van der Waals surface area contributed by atoms with Crippen LogP contribution in [0.1, 0.15) is 36.3 Å². The lowest BCUT2D eigenvalue weighted by Gasteiger charge is -2.31. The summed E-state index contributed by atoms with van der Waals surface area (Å²) in [7, 11) is 0. The Bertz CT molecular complexity index is 562. The number of aliphatic hydroxyl groups is 1. The van der Waals surface area contributed by atoms with Crippen LogP contribution in [0.3, 0.4) is 0 Å². The summed E-state index contributed by atoms with van der Waals surface area (Å²) in [5, 5.41) is 9.12. The van der Waals surface area contributed by atoms with Crippen LogP contribution in [0.15, 0.2) is 24.3 Å². The summed E-state index contributed by atoms with van der Waals surface area (Å²) >= 11 is 0. The second-order valence-electron chi connectivity index (χ2n) is 6.52. The smallest absolute Gasteiger partial charge is 0.396 e. The summed E-state index contributed by atoms with van der Waals surface area (Å²) in [6.07, 6.45) is -1.97. The molecule has 23 heavy (non-hydrogen) atoms. The summed E-state index contributed by atoms with van der Waals surface area (Å²) < 4.78 is 37.7. The Morgan fingerprint density at radius 3 is 2.30 bits per heavy atom. The average molecular weight is 327 g/mol. The summed E-state index contributed by atoms with van der Waals surface area (Å²) in [6.45, 7) is 1.50. The molecule has 1 N–H and O–H groups in total. The first kappa shape index (κ1) is 16.3. The van der Waals surface area contributed by atoms with E-state index in [1.165, 1.54) is 12.1 Å². The van der Waals surface area contributed by atoms with Crippen LogP contribution in [0.5, 0.6) is 0 Å². The van der Waals surface area contributed by atoms with E-state index in [-0.39, 0.29) is 30.3 Å². The first-order valence-electron chi connectivity index (χ1n) is 7.97. The molecule has 2 aliphatic rings. The average Bonchev–Trinajstić information content (AvgIpc) is 3.34. The van der Waals surface area contributed by atoms with E-state index in [2.05, 4.69) is 0 Å². The predicted molar refractivity (Wildman–Crippen MR) is 78.7 cm³/mol. The Labute approximate surface area is 133 Å². The minimum Gasteiger partial charge on any atom is -0.396 e. The first-order chi connectivity index (χ1) is 10.9. The van der Waals surface area contributed by atoms with Gasteiger partial charge in [-0.25, -0.2) is 0 Å². The highest BCUT2D eigenvalue weighted by Gasteiger charge is 2.46. The number of rotatable bonds is 3. The number of aliphatic hydroxyl groups excluding tert-OH is 1. The number of amides is 1.